The largest absolute Gasteiger partial charge is 0.386 e. The first-order valence-electron chi connectivity index (χ1n) is 6.41. The molecule has 7 heteroatoms. The summed E-state index contributed by atoms with van der Waals surface area (Å²) in [5.41, 5.74) is 4.90. The Morgan fingerprint density at radius 2 is 2.00 bits per heavy atom. The van der Waals surface area contributed by atoms with Crippen molar-refractivity contribution in [1.29, 1.82) is 5.41 Å². The third-order valence-corrected chi connectivity index (χ3v) is 5.43. The number of amidine groups is 1. The van der Waals surface area contributed by atoms with Crippen molar-refractivity contribution in [3.05, 3.63) is 29.6 Å². The minimum atomic E-state index is -3.83. The minimum absolute atomic E-state index is 0.0198. The Morgan fingerprint density at radius 1 is 1.40 bits per heavy atom. The van der Waals surface area contributed by atoms with Gasteiger partial charge in [-0.25, -0.2) is 12.8 Å². The van der Waals surface area contributed by atoms with E-state index in [-0.39, 0.29) is 10.7 Å². The fraction of sp³-hybridized carbons (Fsp3) is 0.462. The Hall–Kier alpha value is -1.47. The molecule has 0 aliphatic heterocycles. The van der Waals surface area contributed by atoms with Crippen molar-refractivity contribution in [3.63, 3.8) is 0 Å². The van der Waals surface area contributed by atoms with Gasteiger partial charge in [-0.3, -0.25) is 5.41 Å². The summed E-state index contributed by atoms with van der Waals surface area (Å²) >= 11 is 0. The van der Waals surface area contributed by atoms with Crippen molar-refractivity contribution in [1.82, 2.24) is 4.72 Å². The molecular formula is C13H18FN3O2S. The van der Waals surface area contributed by atoms with Gasteiger partial charge in [0, 0.05) is 0 Å². The third kappa shape index (κ3) is 2.69. The fourth-order valence-electron chi connectivity index (χ4n) is 2.63. The highest BCUT2D eigenvalue weighted by Crippen LogP contribution is 2.31. The monoisotopic (exact) mass is 299 g/mol. The van der Waals surface area contributed by atoms with Crippen LogP contribution in [-0.4, -0.2) is 19.8 Å². The Labute approximate surface area is 117 Å². The Kier molecular flexibility index (Phi) is 3.84. The average molecular weight is 299 g/mol. The SMILES string of the molecule is Cc1cc(F)ccc1S(=O)(=O)NC1(C(=N)N)CCCC1. The van der Waals surface area contributed by atoms with E-state index in [9.17, 15) is 12.8 Å². The summed E-state index contributed by atoms with van der Waals surface area (Å²) in [5, 5.41) is 7.66. The van der Waals surface area contributed by atoms with Crippen molar-refractivity contribution in [2.45, 2.75) is 43.0 Å². The molecule has 1 aromatic carbocycles. The number of rotatable bonds is 4. The molecule has 0 amide bonds. The lowest BCUT2D eigenvalue weighted by atomic mass is 9.98. The summed E-state index contributed by atoms with van der Waals surface area (Å²) in [6, 6.07) is 3.51. The molecule has 0 spiro atoms. The molecule has 5 nitrogen and oxygen atoms in total. The molecule has 0 unspecified atom stereocenters. The molecule has 1 aromatic rings. The first-order valence-corrected chi connectivity index (χ1v) is 7.90. The van der Waals surface area contributed by atoms with Crippen LogP contribution in [0.3, 0.4) is 0 Å². The smallest absolute Gasteiger partial charge is 0.241 e. The van der Waals surface area contributed by atoms with Crippen LogP contribution in [0.4, 0.5) is 4.39 Å². The van der Waals surface area contributed by atoms with E-state index in [0.717, 1.165) is 18.9 Å². The predicted molar refractivity (Wildman–Crippen MR) is 74.6 cm³/mol. The molecular weight excluding hydrogens is 281 g/mol. The van der Waals surface area contributed by atoms with Crippen molar-refractivity contribution >= 4 is 15.9 Å². The third-order valence-electron chi connectivity index (χ3n) is 3.73. The molecule has 1 saturated carbocycles. The highest BCUT2D eigenvalue weighted by Gasteiger charge is 2.41. The second-order valence-corrected chi connectivity index (χ2v) is 6.87. The highest BCUT2D eigenvalue weighted by atomic mass is 32.2. The van der Waals surface area contributed by atoms with Crippen LogP contribution in [0.2, 0.25) is 0 Å². The van der Waals surface area contributed by atoms with E-state index < -0.39 is 21.4 Å². The molecule has 1 fully saturated rings. The number of halogens is 1. The standard InChI is InChI=1S/C13H18FN3O2S/c1-9-8-10(14)4-5-11(9)20(18,19)17-13(12(15)16)6-2-3-7-13/h4-5,8,17H,2-3,6-7H2,1H3,(H3,15,16). The normalized spacial score (nSPS) is 18.1. The second kappa shape index (κ2) is 5.14. The first-order chi connectivity index (χ1) is 9.27. The van der Waals surface area contributed by atoms with Crippen LogP contribution in [0.5, 0.6) is 0 Å². The molecule has 2 rings (SSSR count). The van der Waals surface area contributed by atoms with E-state index in [1.54, 1.807) is 0 Å². The highest BCUT2D eigenvalue weighted by molar-refractivity contribution is 7.89. The lowest BCUT2D eigenvalue weighted by Gasteiger charge is -2.28. The topological polar surface area (TPSA) is 96.0 Å². The summed E-state index contributed by atoms with van der Waals surface area (Å²) in [7, 11) is -3.83. The molecule has 0 saturated heterocycles. The van der Waals surface area contributed by atoms with E-state index in [1.165, 1.54) is 19.1 Å². The lowest BCUT2D eigenvalue weighted by Crippen LogP contribution is -2.55. The Balaban J connectivity index is 2.38. The van der Waals surface area contributed by atoms with E-state index in [0.29, 0.717) is 18.4 Å². The fourth-order valence-corrected chi connectivity index (χ4v) is 4.30. The van der Waals surface area contributed by atoms with Gasteiger partial charge in [0.15, 0.2) is 0 Å². The molecule has 0 heterocycles. The zero-order valence-electron chi connectivity index (χ0n) is 11.2. The van der Waals surface area contributed by atoms with Gasteiger partial charge in [-0.15, -0.1) is 0 Å². The maximum atomic E-state index is 13.1. The zero-order valence-corrected chi connectivity index (χ0v) is 12.1. The lowest BCUT2D eigenvalue weighted by molar-refractivity contribution is 0.496. The van der Waals surface area contributed by atoms with Crippen LogP contribution in [-0.2, 0) is 10.0 Å². The molecule has 0 atom stereocenters. The maximum absolute atomic E-state index is 13.1. The van der Waals surface area contributed by atoms with Gasteiger partial charge in [-0.05, 0) is 43.5 Å². The quantitative estimate of drug-likeness (QED) is 0.582. The molecule has 1 aliphatic carbocycles. The minimum Gasteiger partial charge on any atom is -0.386 e. The molecule has 1 aliphatic rings. The number of nitrogens with two attached hydrogens (primary N) is 1. The zero-order chi connectivity index (χ0) is 15.0. The van der Waals surface area contributed by atoms with Gasteiger partial charge in [0.1, 0.15) is 11.7 Å². The van der Waals surface area contributed by atoms with Gasteiger partial charge < -0.3 is 5.73 Å². The Morgan fingerprint density at radius 3 is 2.50 bits per heavy atom. The first kappa shape index (κ1) is 14.9. The van der Waals surface area contributed by atoms with Gasteiger partial charge in [0.05, 0.1) is 10.4 Å². The van der Waals surface area contributed by atoms with Crippen LogP contribution in [0.25, 0.3) is 0 Å². The number of sulfonamides is 1. The molecule has 0 aromatic heterocycles. The van der Waals surface area contributed by atoms with Gasteiger partial charge in [-0.2, -0.15) is 4.72 Å². The average Bonchev–Trinajstić information content (AvgIpc) is 2.77. The van der Waals surface area contributed by atoms with Crippen LogP contribution in [0.15, 0.2) is 23.1 Å². The number of hydrogen-bond donors (Lipinski definition) is 3. The summed E-state index contributed by atoms with van der Waals surface area (Å²) in [6.07, 6.45) is 2.68. The molecule has 4 N–H and O–H groups in total. The van der Waals surface area contributed by atoms with Gasteiger partial charge in [0.25, 0.3) is 0 Å². The summed E-state index contributed by atoms with van der Waals surface area (Å²) < 4.78 is 40.5. The summed E-state index contributed by atoms with van der Waals surface area (Å²) in [5.74, 6) is -0.651. The molecule has 0 bridgehead atoms. The van der Waals surface area contributed by atoms with Crippen molar-refractivity contribution < 1.29 is 12.8 Å². The van der Waals surface area contributed by atoms with E-state index in [2.05, 4.69) is 4.72 Å². The van der Waals surface area contributed by atoms with E-state index in [4.69, 9.17) is 11.1 Å². The number of hydrogen-bond acceptors (Lipinski definition) is 3. The van der Waals surface area contributed by atoms with Gasteiger partial charge in [0.2, 0.25) is 10.0 Å². The van der Waals surface area contributed by atoms with Gasteiger partial charge in [-0.1, -0.05) is 12.8 Å². The van der Waals surface area contributed by atoms with Gasteiger partial charge >= 0.3 is 0 Å². The number of benzene rings is 1. The number of aryl methyl sites for hydroxylation is 1. The van der Waals surface area contributed by atoms with Crippen molar-refractivity contribution in [2.24, 2.45) is 5.73 Å². The summed E-state index contributed by atoms with van der Waals surface area (Å²) in [6.45, 7) is 1.53. The van der Waals surface area contributed by atoms with Crippen LogP contribution in [0, 0.1) is 18.2 Å². The molecule has 110 valence electrons. The van der Waals surface area contributed by atoms with Crippen LogP contribution < -0.4 is 10.5 Å². The molecule has 20 heavy (non-hydrogen) atoms. The predicted octanol–water partition coefficient (Wildman–Crippen LogP) is 1.66. The van der Waals surface area contributed by atoms with E-state index >= 15 is 0 Å². The molecule has 0 radical (unpaired) electrons. The van der Waals surface area contributed by atoms with E-state index in [1.807, 2.05) is 0 Å². The van der Waals surface area contributed by atoms with Crippen LogP contribution in [0.1, 0.15) is 31.2 Å². The number of nitrogens with one attached hydrogen (secondary N) is 2. The maximum Gasteiger partial charge on any atom is 0.241 e. The summed E-state index contributed by atoms with van der Waals surface area (Å²) in [4.78, 5) is 0.0198. The second-order valence-electron chi connectivity index (χ2n) is 5.22. The van der Waals surface area contributed by atoms with Crippen molar-refractivity contribution in [3.8, 4) is 0 Å². The Bertz CT molecular complexity index is 637. The van der Waals surface area contributed by atoms with Crippen molar-refractivity contribution in [2.75, 3.05) is 0 Å². The van der Waals surface area contributed by atoms with Crippen LogP contribution >= 0.6 is 0 Å².